The van der Waals surface area contributed by atoms with Crippen molar-refractivity contribution < 1.29 is 22.7 Å². The van der Waals surface area contributed by atoms with Crippen molar-refractivity contribution in [3.8, 4) is 0 Å². The highest BCUT2D eigenvalue weighted by Gasteiger charge is 2.13. The quantitative estimate of drug-likeness (QED) is 0.155. The van der Waals surface area contributed by atoms with Crippen molar-refractivity contribution in [2.24, 2.45) is 0 Å². The molecule has 0 aliphatic heterocycles. The van der Waals surface area contributed by atoms with Gasteiger partial charge >= 0.3 is 5.97 Å². The van der Waals surface area contributed by atoms with Gasteiger partial charge in [0.15, 0.2) is 0 Å². The fourth-order valence-corrected chi connectivity index (χ4v) is 5.08. The Labute approximate surface area is 220 Å². The molecular weight excluding hydrogens is 516 g/mol. The molecule has 37 heavy (non-hydrogen) atoms. The van der Waals surface area contributed by atoms with Crippen molar-refractivity contribution in [2.75, 3.05) is 37.9 Å². The molecule has 0 aliphatic rings. The average Bonchev–Trinajstić information content (AvgIpc) is 2.90. The first-order valence-corrected chi connectivity index (χ1v) is 13.7. The van der Waals surface area contributed by atoms with Crippen LogP contribution in [0.15, 0.2) is 60.9 Å². The van der Waals surface area contributed by atoms with Crippen LogP contribution in [0.5, 0.6) is 0 Å². The summed E-state index contributed by atoms with van der Waals surface area (Å²) in [5, 5.41) is 6.51. The molecule has 2 aromatic carbocycles. The van der Waals surface area contributed by atoms with Gasteiger partial charge in [-0.2, -0.15) is 0 Å². The summed E-state index contributed by atoms with van der Waals surface area (Å²) in [7, 11) is -2.09. The number of nitrogens with zero attached hydrogens (tertiary/aromatic N) is 2. The van der Waals surface area contributed by atoms with Gasteiger partial charge in [0.25, 0.3) is 0 Å². The van der Waals surface area contributed by atoms with E-state index >= 15 is 0 Å². The number of methoxy groups -OCH3 is 1. The predicted octanol–water partition coefficient (Wildman–Crippen LogP) is 4.16. The highest BCUT2D eigenvalue weighted by Crippen LogP contribution is 2.29. The third-order valence-corrected chi connectivity index (χ3v) is 7.29. The molecule has 0 fully saturated rings. The second kappa shape index (κ2) is 12.3. The maximum Gasteiger partial charge on any atom is 0.337 e. The molecule has 11 heteroatoms. The maximum absolute atomic E-state index is 12.2. The molecule has 0 saturated carbocycles. The van der Waals surface area contributed by atoms with Crippen LogP contribution in [0.25, 0.3) is 21.7 Å². The number of carbonyl (C=O) groups excluding carboxylic acids is 1. The minimum absolute atomic E-state index is 0.0343. The van der Waals surface area contributed by atoms with Crippen LogP contribution in [-0.4, -0.2) is 57.0 Å². The summed E-state index contributed by atoms with van der Waals surface area (Å²) in [6, 6.07) is 14.2. The van der Waals surface area contributed by atoms with Crippen LogP contribution in [0, 0.1) is 0 Å². The smallest absolute Gasteiger partial charge is 0.337 e. The van der Waals surface area contributed by atoms with Crippen LogP contribution >= 0.6 is 11.6 Å². The number of nitrogens with one attached hydrogen (secondary N) is 2. The zero-order valence-electron chi connectivity index (χ0n) is 20.2. The molecule has 4 rings (SSSR count). The van der Waals surface area contributed by atoms with E-state index in [1.54, 1.807) is 42.7 Å². The molecular formula is C26H27ClN4O5S. The first-order chi connectivity index (χ1) is 17.9. The number of rotatable bonds is 12. The fourth-order valence-electron chi connectivity index (χ4n) is 3.83. The second-order valence-electron chi connectivity index (χ2n) is 8.27. The lowest BCUT2D eigenvalue weighted by molar-refractivity contribution is 0.0601. The molecule has 2 N–H and O–H groups in total. The number of aromatic nitrogens is 2. The van der Waals surface area contributed by atoms with Crippen molar-refractivity contribution >= 4 is 55.1 Å². The van der Waals surface area contributed by atoms with Gasteiger partial charge < -0.3 is 14.8 Å². The highest BCUT2D eigenvalue weighted by atomic mass is 35.5. The summed E-state index contributed by atoms with van der Waals surface area (Å²) in [6.45, 7) is 1.33. The van der Waals surface area contributed by atoms with Crippen LogP contribution < -0.4 is 10.0 Å². The Hall–Kier alpha value is -3.31. The van der Waals surface area contributed by atoms with Gasteiger partial charge in [-0.15, -0.1) is 0 Å². The minimum atomic E-state index is -3.42. The Morgan fingerprint density at radius 3 is 2.73 bits per heavy atom. The van der Waals surface area contributed by atoms with E-state index < -0.39 is 16.0 Å². The number of ether oxygens (including phenoxy) is 2. The normalized spacial score (nSPS) is 11.6. The Balaban J connectivity index is 1.28. The first-order valence-electron chi connectivity index (χ1n) is 11.7. The summed E-state index contributed by atoms with van der Waals surface area (Å²) < 4.78 is 37.5. The summed E-state index contributed by atoms with van der Waals surface area (Å²) in [6.07, 6.45) is 3.82. The van der Waals surface area contributed by atoms with Gasteiger partial charge in [-0.3, -0.25) is 4.98 Å². The predicted molar refractivity (Wildman–Crippen MR) is 144 cm³/mol. The first kappa shape index (κ1) is 26.7. The van der Waals surface area contributed by atoms with E-state index in [0.29, 0.717) is 48.1 Å². The zero-order valence-corrected chi connectivity index (χ0v) is 21.8. The van der Waals surface area contributed by atoms with Crippen LogP contribution in [0.2, 0.25) is 5.02 Å². The van der Waals surface area contributed by atoms with Gasteiger partial charge in [0.1, 0.15) is 5.82 Å². The average molecular weight is 543 g/mol. The number of fused-ring (bicyclic) bond motifs is 3. The molecule has 0 amide bonds. The lowest BCUT2D eigenvalue weighted by Gasteiger charge is -2.12. The Morgan fingerprint density at radius 2 is 1.92 bits per heavy atom. The summed E-state index contributed by atoms with van der Waals surface area (Å²) in [5.74, 6) is 0.177. The monoisotopic (exact) mass is 542 g/mol. The molecule has 9 nitrogen and oxygen atoms in total. The van der Waals surface area contributed by atoms with Crippen LogP contribution in [0.1, 0.15) is 22.3 Å². The van der Waals surface area contributed by atoms with E-state index in [4.69, 9.17) is 26.1 Å². The molecule has 194 valence electrons. The summed E-state index contributed by atoms with van der Waals surface area (Å²) in [4.78, 5) is 20.9. The Kier molecular flexibility index (Phi) is 8.88. The van der Waals surface area contributed by atoms with Crippen molar-refractivity contribution in [2.45, 2.75) is 13.0 Å². The largest absolute Gasteiger partial charge is 0.465 e. The number of hydrogen-bond donors (Lipinski definition) is 2. The Bertz CT molecular complexity index is 1510. The molecule has 0 atom stereocenters. The fraction of sp³-hybridized carbons (Fsp3) is 0.269. The number of carbonyl (C=O) groups is 1. The van der Waals surface area contributed by atoms with Crippen LogP contribution in [-0.2, 0) is 26.0 Å². The Morgan fingerprint density at radius 1 is 1.05 bits per heavy atom. The van der Waals surface area contributed by atoms with Gasteiger partial charge in [-0.25, -0.2) is 22.9 Å². The van der Waals surface area contributed by atoms with Crippen molar-refractivity contribution in [1.29, 1.82) is 0 Å². The number of benzene rings is 2. The van der Waals surface area contributed by atoms with E-state index in [9.17, 15) is 13.2 Å². The van der Waals surface area contributed by atoms with E-state index in [1.807, 2.05) is 18.2 Å². The number of esters is 1. The lowest BCUT2D eigenvalue weighted by Crippen LogP contribution is -2.26. The van der Waals surface area contributed by atoms with E-state index in [1.165, 1.54) is 7.11 Å². The van der Waals surface area contributed by atoms with Gasteiger partial charge in [-0.1, -0.05) is 29.8 Å². The second-order valence-corrected chi connectivity index (χ2v) is 10.6. The molecule has 0 aliphatic carbocycles. The van der Waals surface area contributed by atoms with E-state index in [2.05, 4.69) is 15.0 Å². The third kappa shape index (κ3) is 7.14. The van der Waals surface area contributed by atoms with Gasteiger partial charge in [0.2, 0.25) is 10.0 Å². The number of halogens is 1. The number of sulfonamides is 1. The number of pyridine rings is 2. The third-order valence-electron chi connectivity index (χ3n) is 5.64. The number of anilines is 1. The van der Waals surface area contributed by atoms with Gasteiger partial charge in [0.05, 0.1) is 30.5 Å². The maximum atomic E-state index is 12.2. The van der Waals surface area contributed by atoms with Crippen molar-refractivity contribution in [1.82, 2.24) is 14.7 Å². The van der Waals surface area contributed by atoms with Crippen molar-refractivity contribution in [3.63, 3.8) is 0 Å². The lowest BCUT2D eigenvalue weighted by atomic mass is 10.1. The van der Waals surface area contributed by atoms with E-state index in [-0.39, 0.29) is 12.3 Å². The van der Waals surface area contributed by atoms with Gasteiger partial charge in [-0.05, 0) is 42.3 Å². The molecule has 0 saturated heterocycles. The van der Waals surface area contributed by atoms with Crippen molar-refractivity contribution in [3.05, 3.63) is 77.1 Å². The molecule has 2 heterocycles. The summed E-state index contributed by atoms with van der Waals surface area (Å²) >= 11 is 5.93. The standard InChI is InChI=1S/C26H27ClN4O5S/c1-35-26(32)19-6-7-21-23-17-28-9-8-22(23)25(31-24(21)15-19)29-10-12-36-11-3-13-37(33,34)30-16-18-4-2-5-20(27)14-18/h2,4-9,14-15,17,30H,3,10-13,16H2,1H3,(H,29,31). The minimum Gasteiger partial charge on any atom is -0.465 e. The van der Waals surface area contributed by atoms with Gasteiger partial charge in [0, 0.05) is 53.3 Å². The molecule has 0 radical (unpaired) electrons. The molecule has 4 aromatic rings. The molecule has 0 spiro atoms. The van der Waals surface area contributed by atoms with E-state index in [0.717, 1.165) is 21.7 Å². The summed E-state index contributed by atoms with van der Waals surface area (Å²) in [5.41, 5.74) is 1.85. The van der Waals surface area contributed by atoms with Crippen LogP contribution in [0.4, 0.5) is 5.82 Å². The SMILES string of the molecule is COC(=O)c1ccc2c(c1)nc(NCCOCCCS(=O)(=O)NCc1cccc(Cl)c1)c1ccncc12. The molecule has 0 bridgehead atoms. The zero-order chi connectivity index (χ0) is 26.3. The van der Waals surface area contributed by atoms with Crippen LogP contribution in [0.3, 0.4) is 0 Å². The number of hydrogen-bond acceptors (Lipinski definition) is 8. The molecule has 0 unspecified atom stereocenters. The topological polar surface area (TPSA) is 120 Å². The molecule has 2 aromatic heterocycles. The highest BCUT2D eigenvalue weighted by molar-refractivity contribution is 7.89.